The minimum Gasteiger partial charge on any atom is -0.491 e. The highest BCUT2D eigenvalue weighted by atomic mass is 16.5. The van der Waals surface area contributed by atoms with Gasteiger partial charge in [0.25, 0.3) is 0 Å². The molecule has 1 heterocycles. The van der Waals surface area contributed by atoms with Gasteiger partial charge in [0.2, 0.25) is 0 Å². The zero-order valence-corrected chi connectivity index (χ0v) is 12.1. The monoisotopic (exact) mass is 264 g/mol. The van der Waals surface area contributed by atoms with Crippen molar-refractivity contribution >= 4 is 11.4 Å². The van der Waals surface area contributed by atoms with Crippen LogP contribution in [-0.2, 0) is 4.74 Å². The molecule has 1 unspecified atom stereocenters. The lowest BCUT2D eigenvalue weighted by Crippen LogP contribution is -2.30. The second-order valence-corrected chi connectivity index (χ2v) is 5.41. The van der Waals surface area contributed by atoms with Crippen molar-refractivity contribution in [3.63, 3.8) is 0 Å². The van der Waals surface area contributed by atoms with Gasteiger partial charge in [-0.15, -0.1) is 0 Å². The van der Waals surface area contributed by atoms with E-state index in [9.17, 15) is 0 Å². The first kappa shape index (κ1) is 14.0. The molecule has 0 spiro atoms. The molecule has 0 radical (unpaired) electrons. The van der Waals surface area contributed by atoms with Crippen molar-refractivity contribution in [1.82, 2.24) is 0 Å². The van der Waals surface area contributed by atoms with Gasteiger partial charge in [-0.2, -0.15) is 0 Å². The Morgan fingerprint density at radius 2 is 2.16 bits per heavy atom. The Hall–Kier alpha value is -1.42. The maximum Gasteiger partial charge on any atom is 0.123 e. The van der Waals surface area contributed by atoms with Crippen molar-refractivity contribution in [2.24, 2.45) is 0 Å². The van der Waals surface area contributed by atoms with Crippen molar-refractivity contribution < 1.29 is 9.47 Å². The summed E-state index contributed by atoms with van der Waals surface area (Å²) in [6, 6.07) is 5.95. The molecule has 1 saturated heterocycles. The molecule has 0 aliphatic carbocycles. The number of nitrogen functional groups attached to an aromatic ring is 1. The van der Waals surface area contributed by atoms with E-state index in [1.807, 2.05) is 26.0 Å². The van der Waals surface area contributed by atoms with E-state index in [4.69, 9.17) is 15.2 Å². The lowest BCUT2D eigenvalue weighted by atomic mass is 10.2. The molecule has 2 N–H and O–H groups in total. The molecule has 1 fully saturated rings. The summed E-state index contributed by atoms with van der Waals surface area (Å²) in [4.78, 5) is 2.32. The van der Waals surface area contributed by atoms with Gasteiger partial charge in [0.15, 0.2) is 0 Å². The van der Waals surface area contributed by atoms with Crippen LogP contribution in [0.2, 0.25) is 0 Å². The maximum absolute atomic E-state index is 5.98. The van der Waals surface area contributed by atoms with Crippen LogP contribution in [0.25, 0.3) is 0 Å². The maximum atomic E-state index is 5.98. The number of nitrogens with zero attached hydrogens (tertiary/aromatic N) is 1. The lowest BCUT2D eigenvalue weighted by molar-refractivity contribution is 0.0821. The minimum absolute atomic E-state index is 0.154. The van der Waals surface area contributed by atoms with Crippen LogP contribution in [0.15, 0.2) is 18.2 Å². The van der Waals surface area contributed by atoms with Gasteiger partial charge < -0.3 is 20.1 Å². The van der Waals surface area contributed by atoms with E-state index in [2.05, 4.69) is 17.9 Å². The summed E-state index contributed by atoms with van der Waals surface area (Å²) in [5.74, 6) is 0.836. The number of hydrogen-bond acceptors (Lipinski definition) is 4. The van der Waals surface area contributed by atoms with E-state index in [0.29, 0.717) is 0 Å². The third-order valence-electron chi connectivity index (χ3n) is 3.10. The highest BCUT2D eigenvalue weighted by Crippen LogP contribution is 2.27. The summed E-state index contributed by atoms with van der Waals surface area (Å²) in [5, 5.41) is 0. The molecule has 1 aromatic rings. The molecular formula is C15H24N2O2. The van der Waals surface area contributed by atoms with Crippen LogP contribution in [0.3, 0.4) is 0 Å². The normalized spacial score (nSPS) is 20.4. The average Bonchev–Trinajstić information content (AvgIpc) is 2.52. The summed E-state index contributed by atoms with van der Waals surface area (Å²) in [5.41, 5.74) is 7.84. The molecule has 0 bridgehead atoms. The number of benzene rings is 1. The Balaban J connectivity index is 2.20. The van der Waals surface area contributed by atoms with Gasteiger partial charge in [-0.1, -0.05) is 0 Å². The molecule has 1 atom stereocenters. The largest absolute Gasteiger partial charge is 0.491 e. The lowest BCUT2D eigenvalue weighted by Gasteiger charge is -2.25. The highest BCUT2D eigenvalue weighted by molar-refractivity contribution is 5.60. The first-order valence-electron chi connectivity index (χ1n) is 6.98. The molecule has 0 amide bonds. The SMILES string of the molecule is CC(C)Oc1cc(N)cc(N2CCCOC(C)C2)c1. The Bertz CT molecular complexity index is 421. The first-order valence-corrected chi connectivity index (χ1v) is 6.98. The second kappa shape index (κ2) is 6.15. The van der Waals surface area contributed by atoms with Crippen LogP contribution >= 0.6 is 0 Å². The van der Waals surface area contributed by atoms with Crippen LogP contribution < -0.4 is 15.4 Å². The smallest absolute Gasteiger partial charge is 0.123 e. The summed E-state index contributed by atoms with van der Waals surface area (Å²) < 4.78 is 11.4. The average molecular weight is 264 g/mol. The Labute approximate surface area is 115 Å². The van der Waals surface area contributed by atoms with Crippen molar-refractivity contribution in [2.75, 3.05) is 30.3 Å². The van der Waals surface area contributed by atoms with Gasteiger partial charge in [0.05, 0.1) is 12.2 Å². The molecule has 2 rings (SSSR count). The fraction of sp³-hybridized carbons (Fsp3) is 0.600. The standard InChI is InChI=1S/C15H24N2O2/c1-11(2)19-15-8-13(16)7-14(9-15)17-5-4-6-18-12(3)10-17/h7-9,11-12H,4-6,10,16H2,1-3H3. The fourth-order valence-corrected chi connectivity index (χ4v) is 2.36. The van der Waals surface area contributed by atoms with E-state index in [1.54, 1.807) is 0 Å². The van der Waals surface area contributed by atoms with Gasteiger partial charge >= 0.3 is 0 Å². The Kier molecular flexibility index (Phi) is 4.53. The fourth-order valence-electron chi connectivity index (χ4n) is 2.36. The minimum atomic E-state index is 0.154. The number of nitrogens with two attached hydrogens (primary N) is 1. The van der Waals surface area contributed by atoms with E-state index < -0.39 is 0 Å². The highest BCUT2D eigenvalue weighted by Gasteiger charge is 2.16. The van der Waals surface area contributed by atoms with Gasteiger partial charge in [0.1, 0.15) is 5.75 Å². The van der Waals surface area contributed by atoms with Gasteiger partial charge in [0, 0.05) is 43.2 Å². The van der Waals surface area contributed by atoms with E-state index in [-0.39, 0.29) is 12.2 Å². The second-order valence-electron chi connectivity index (χ2n) is 5.41. The first-order chi connectivity index (χ1) is 9.04. The summed E-state index contributed by atoms with van der Waals surface area (Å²) >= 11 is 0. The molecule has 0 saturated carbocycles. The van der Waals surface area contributed by atoms with Crippen molar-refractivity contribution in [2.45, 2.75) is 39.4 Å². The zero-order chi connectivity index (χ0) is 13.8. The summed E-state index contributed by atoms with van der Waals surface area (Å²) in [6.07, 6.45) is 1.44. The molecule has 4 nitrogen and oxygen atoms in total. The van der Waals surface area contributed by atoms with Crippen LogP contribution in [0.5, 0.6) is 5.75 Å². The number of hydrogen-bond donors (Lipinski definition) is 1. The van der Waals surface area contributed by atoms with Crippen LogP contribution in [0, 0.1) is 0 Å². The van der Waals surface area contributed by atoms with Crippen LogP contribution in [0.1, 0.15) is 27.2 Å². The van der Waals surface area contributed by atoms with Crippen LogP contribution in [0.4, 0.5) is 11.4 Å². The van der Waals surface area contributed by atoms with Crippen molar-refractivity contribution in [3.8, 4) is 5.75 Å². The predicted octanol–water partition coefficient (Wildman–Crippen LogP) is 2.67. The van der Waals surface area contributed by atoms with E-state index >= 15 is 0 Å². The summed E-state index contributed by atoms with van der Waals surface area (Å²) in [7, 11) is 0. The van der Waals surface area contributed by atoms with Crippen LogP contribution in [-0.4, -0.2) is 31.9 Å². The van der Waals surface area contributed by atoms with E-state index in [0.717, 1.165) is 43.2 Å². The number of anilines is 2. The number of rotatable bonds is 3. The molecule has 4 heteroatoms. The molecule has 1 aromatic carbocycles. The van der Waals surface area contributed by atoms with E-state index in [1.165, 1.54) is 0 Å². The quantitative estimate of drug-likeness (QED) is 0.853. The van der Waals surface area contributed by atoms with Crippen molar-refractivity contribution in [1.29, 1.82) is 0 Å². The Morgan fingerprint density at radius 3 is 2.89 bits per heavy atom. The molecule has 0 aromatic heterocycles. The summed E-state index contributed by atoms with van der Waals surface area (Å²) in [6.45, 7) is 8.86. The predicted molar refractivity (Wildman–Crippen MR) is 78.9 cm³/mol. The number of ether oxygens (including phenoxy) is 2. The molecule has 19 heavy (non-hydrogen) atoms. The molecule has 1 aliphatic heterocycles. The third-order valence-corrected chi connectivity index (χ3v) is 3.10. The van der Waals surface area contributed by atoms with Crippen molar-refractivity contribution in [3.05, 3.63) is 18.2 Å². The topological polar surface area (TPSA) is 47.7 Å². The molecule has 106 valence electrons. The molecular weight excluding hydrogens is 240 g/mol. The molecule has 1 aliphatic rings. The zero-order valence-electron chi connectivity index (χ0n) is 12.1. The third kappa shape index (κ3) is 4.03. The van der Waals surface area contributed by atoms with Gasteiger partial charge in [-0.05, 0) is 33.3 Å². The Morgan fingerprint density at radius 1 is 1.37 bits per heavy atom. The van der Waals surface area contributed by atoms with Gasteiger partial charge in [-0.3, -0.25) is 0 Å². The van der Waals surface area contributed by atoms with Gasteiger partial charge in [-0.25, -0.2) is 0 Å².